The molecule has 2 heterocycles. The van der Waals surface area contributed by atoms with Crippen LogP contribution in [-0.4, -0.2) is 16.8 Å². The average molecular weight is 486 g/mol. The molecule has 0 saturated carbocycles. The normalized spacial score (nSPS) is 14.8. The van der Waals surface area contributed by atoms with Crippen molar-refractivity contribution in [2.45, 2.75) is 0 Å². The standard InChI is InChI=1S/C20H11IN2O5/c21-14-5-1-4-13(9-14)19-22-17(20(24)28-19)11-16-7-8-18(27-16)12-3-2-6-15(10-12)23(25)26/h1-11H. The Balaban J connectivity index is 1.62. The fraction of sp³-hybridized carbons (Fsp3) is 0. The van der Waals surface area contributed by atoms with Crippen LogP contribution < -0.4 is 0 Å². The number of carbonyl (C=O) groups excluding carboxylic acids is 1. The fourth-order valence-electron chi connectivity index (χ4n) is 2.65. The van der Waals surface area contributed by atoms with Gasteiger partial charge in [0.25, 0.3) is 5.69 Å². The highest BCUT2D eigenvalue weighted by Gasteiger charge is 2.24. The lowest BCUT2D eigenvalue weighted by Gasteiger charge is -1.99. The maximum Gasteiger partial charge on any atom is 0.363 e. The van der Waals surface area contributed by atoms with Crippen LogP contribution in [0.5, 0.6) is 0 Å². The first-order valence-corrected chi connectivity index (χ1v) is 9.21. The first kappa shape index (κ1) is 18.1. The van der Waals surface area contributed by atoms with Crippen LogP contribution in [0.15, 0.2) is 75.8 Å². The summed E-state index contributed by atoms with van der Waals surface area (Å²) in [6.45, 7) is 0. The highest BCUT2D eigenvalue weighted by molar-refractivity contribution is 14.1. The number of benzene rings is 2. The minimum atomic E-state index is -0.567. The average Bonchev–Trinajstić information content (AvgIpc) is 3.29. The third-order valence-electron chi connectivity index (χ3n) is 3.94. The molecule has 1 aromatic heterocycles. The molecule has 0 atom stereocenters. The van der Waals surface area contributed by atoms with E-state index in [0.29, 0.717) is 22.6 Å². The van der Waals surface area contributed by atoms with Gasteiger partial charge in [-0.3, -0.25) is 10.1 Å². The highest BCUT2D eigenvalue weighted by atomic mass is 127. The summed E-state index contributed by atoms with van der Waals surface area (Å²) in [5.41, 5.74) is 1.37. The summed E-state index contributed by atoms with van der Waals surface area (Å²) in [7, 11) is 0. The molecule has 2 aromatic carbocycles. The molecule has 0 aliphatic carbocycles. The largest absolute Gasteiger partial charge is 0.457 e. The summed E-state index contributed by atoms with van der Waals surface area (Å²) in [5, 5.41) is 10.9. The summed E-state index contributed by atoms with van der Waals surface area (Å²) in [6, 6.07) is 16.9. The topological polar surface area (TPSA) is 94.9 Å². The Hall–Kier alpha value is -3.27. The molecule has 28 heavy (non-hydrogen) atoms. The highest BCUT2D eigenvalue weighted by Crippen LogP contribution is 2.27. The second kappa shape index (κ2) is 7.39. The summed E-state index contributed by atoms with van der Waals surface area (Å²) in [4.78, 5) is 26.8. The molecule has 4 rings (SSSR count). The number of hydrogen-bond acceptors (Lipinski definition) is 6. The van der Waals surface area contributed by atoms with E-state index in [4.69, 9.17) is 9.15 Å². The molecular formula is C20H11IN2O5. The molecule has 1 aliphatic heterocycles. The lowest BCUT2D eigenvalue weighted by atomic mass is 10.1. The fourth-order valence-corrected chi connectivity index (χ4v) is 3.19. The van der Waals surface area contributed by atoms with E-state index in [1.165, 1.54) is 18.2 Å². The SMILES string of the molecule is O=C1OC(c2cccc(I)c2)=NC1=Cc1ccc(-c2cccc([N+](=O)[O-])c2)o1. The maximum absolute atomic E-state index is 12.1. The van der Waals surface area contributed by atoms with E-state index in [1.807, 2.05) is 24.3 Å². The third-order valence-corrected chi connectivity index (χ3v) is 4.61. The summed E-state index contributed by atoms with van der Waals surface area (Å²) in [6.07, 6.45) is 1.48. The van der Waals surface area contributed by atoms with Gasteiger partial charge in [-0.25, -0.2) is 9.79 Å². The van der Waals surface area contributed by atoms with Gasteiger partial charge in [-0.1, -0.05) is 18.2 Å². The Kier molecular flexibility index (Phi) is 4.78. The monoisotopic (exact) mass is 486 g/mol. The third kappa shape index (κ3) is 3.72. The first-order valence-electron chi connectivity index (χ1n) is 8.13. The number of nitro benzene ring substituents is 1. The van der Waals surface area contributed by atoms with Crippen LogP contribution in [0.4, 0.5) is 5.69 Å². The lowest BCUT2D eigenvalue weighted by molar-refractivity contribution is -0.384. The minimum Gasteiger partial charge on any atom is -0.457 e. The molecule has 1 aliphatic rings. The Bertz CT molecular complexity index is 1160. The molecule has 0 N–H and O–H groups in total. The van der Waals surface area contributed by atoms with Gasteiger partial charge in [-0.15, -0.1) is 0 Å². The summed E-state index contributed by atoms with van der Waals surface area (Å²) < 4.78 is 11.9. The van der Waals surface area contributed by atoms with Crippen molar-refractivity contribution in [1.82, 2.24) is 0 Å². The van der Waals surface area contributed by atoms with Gasteiger partial charge in [-0.2, -0.15) is 0 Å². The molecule has 138 valence electrons. The van der Waals surface area contributed by atoms with Gasteiger partial charge in [0.1, 0.15) is 11.5 Å². The zero-order valence-corrected chi connectivity index (χ0v) is 16.3. The van der Waals surface area contributed by atoms with Gasteiger partial charge in [0.2, 0.25) is 5.90 Å². The predicted octanol–water partition coefficient (Wildman–Crippen LogP) is 4.80. The molecule has 0 unspecified atom stereocenters. The van der Waals surface area contributed by atoms with Crippen molar-refractivity contribution in [3.05, 3.63) is 91.4 Å². The van der Waals surface area contributed by atoms with Gasteiger partial charge >= 0.3 is 5.97 Å². The van der Waals surface area contributed by atoms with Crippen molar-refractivity contribution in [1.29, 1.82) is 0 Å². The van der Waals surface area contributed by atoms with Gasteiger partial charge < -0.3 is 9.15 Å². The van der Waals surface area contributed by atoms with E-state index in [0.717, 1.165) is 3.57 Å². The van der Waals surface area contributed by atoms with Crippen molar-refractivity contribution in [3.8, 4) is 11.3 Å². The summed E-state index contributed by atoms with van der Waals surface area (Å²) in [5.74, 6) is 0.507. The van der Waals surface area contributed by atoms with Crippen molar-refractivity contribution >= 4 is 46.2 Å². The molecular weight excluding hydrogens is 475 g/mol. The Morgan fingerprint density at radius 1 is 1.04 bits per heavy atom. The Labute approximate surface area is 172 Å². The van der Waals surface area contributed by atoms with Gasteiger partial charge in [0, 0.05) is 32.9 Å². The van der Waals surface area contributed by atoms with E-state index >= 15 is 0 Å². The van der Waals surface area contributed by atoms with E-state index in [9.17, 15) is 14.9 Å². The predicted molar refractivity (Wildman–Crippen MR) is 111 cm³/mol. The van der Waals surface area contributed by atoms with Gasteiger partial charge in [0.15, 0.2) is 5.70 Å². The molecule has 3 aromatic rings. The Morgan fingerprint density at radius 2 is 1.82 bits per heavy atom. The number of rotatable bonds is 4. The van der Waals surface area contributed by atoms with Crippen molar-refractivity contribution in [2.24, 2.45) is 4.99 Å². The molecule has 0 fully saturated rings. The molecule has 0 bridgehead atoms. The number of non-ortho nitro benzene ring substituents is 1. The number of hydrogen-bond donors (Lipinski definition) is 0. The molecule has 7 nitrogen and oxygen atoms in total. The van der Waals surface area contributed by atoms with Crippen molar-refractivity contribution in [2.75, 3.05) is 0 Å². The van der Waals surface area contributed by atoms with E-state index in [-0.39, 0.29) is 17.3 Å². The van der Waals surface area contributed by atoms with E-state index < -0.39 is 10.9 Å². The summed E-state index contributed by atoms with van der Waals surface area (Å²) >= 11 is 2.17. The number of nitrogens with zero attached hydrogens (tertiary/aromatic N) is 2. The second-order valence-electron chi connectivity index (χ2n) is 5.86. The zero-order chi connectivity index (χ0) is 19.7. The molecule has 0 radical (unpaired) electrons. The second-order valence-corrected chi connectivity index (χ2v) is 7.10. The van der Waals surface area contributed by atoms with Crippen LogP contribution in [0.1, 0.15) is 11.3 Å². The van der Waals surface area contributed by atoms with Crippen LogP contribution in [0, 0.1) is 13.7 Å². The Morgan fingerprint density at radius 3 is 2.61 bits per heavy atom. The van der Waals surface area contributed by atoms with E-state index in [1.54, 1.807) is 24.3 Å². The number of furan rings is 1. The number of ether oxygens (including phenoxy) is 1. The number of halogens is 1. The van der Waals surface area contributed by atoms with Crippen molar-refractivity contribution in [3.63, 3.8) is 0 Å². The quantitative estimate of drug-likeness (QED) is 0.174. The lowest BCUT2D eigenvalue weighted by Crippen LogP contribution is -2.05. The number of aliphatic imine (C=N–C) groups is 1. The van der Waals surface area contributed by atoms with Crippen molar-refractivity contribution < 1.29 is 18.9 Å². The smallest absolute Gasteiger partial charge is 0.363 e. The number of cyclic esters (lactones) is 1. The van der Waals surface area contributed by atoms with Gasteiger partial charge in [0.05, 0.1) is 4.92 Å². The van der Waals surface area contributed by atoms with Crippen LogP contribution in [-0.2, 0) is 9.53 Å². The first-order chi connectivity index (χ1) is 13.5. The number of nitro groups is 1. The van der Waals surface area contributed by atoms with E-state index in [2.05, 4.69) is 27.6 Å². The van der Waals surface area contributed by atoms with Crippen LogP contribution in [0.3, 0.4) is 0 Å². The van der Waals surface area contributed by atoms with Gasteiger partial charge in [-0.05, 0) is 52.9 Å². The van der Waals surface area contributed by atoms with Crippen LogP contribution in [0.2, 0.25) is 0 Å². The number of esters is 1. The van der Waals surface area contributed by atoms with Crippen LogP contribution >= 0.6 is 22.6 Å². The zero-order valence-electron chi connectivity index (χ0n) is 14.2. The molecule has 0 saturated heterocycles. The minimum absolute atomic E-state index is 0.0279. The number of carbonyl (C=O) groups is 1. The molecule has 0 spiro atoms. The van der Waals surface area contributed by atoms with Crippen LogP contribution in [0.25, 0.3) is 17.4 Å². The maximum atomic E-state index is 12.1. The molecule has 8 heteroatoms. The molecule has 0 amide bonds.